The van der Waals surface area contributed by atoms with Gasteiger partial charge in [0, 0.05) is 0 Å². The van der Waals surface area contributed by atoms with Crippen molar-refractivity contribution in [2.24, 2.45) is 0 Å². The van der Waals surface area contributed by atoms with Crippen LogP contribution in [0.4, 0.5) is 16.1 Å². The predicted molar refractivity (Wildman–Crippen MR) is 122 cm³/mol. The van der Waals surface area contributed by atoms with Gasteiger partial charge < -0.3 is 0 Å². The van der Waals surface area contributed by atoms with Crippen molar-refractivity contribution in [3.05, 3.63) is 105 Å². The van der Waals surface area contributed by atoms with Crippen molar-refractivity contribution in [3.63, 3.8) is 0 Å². The number of hydrogen-bond donors (Lipinski definition) is 0. The third-order valence-corrected chi connectivity index (χ3v) is 7.29. The molecule has 0 saturated heterocycles. The van der Waals surface area contributed by atoms with E-state index in [1.165, 1.54) is 17.7 Å². The molecule has 0 aliphatic heterocycles. The molecule has 0 atom stereocenters. The van der Waals surface area contributed by atoms with Crippen LogP contribution in [0.25, 0.3) is 11.3 Å². The minimum absolute atomic E-state index is 0.00442. The first-order chi connectivity index (χ1) is 14.9. The Bertz CT molecular complexity index is 1230. The van der Waals surface area contributed by atoms with E-state index in [-0.39, 0.29) is 26.0 Å². The molecule has 0 bridgehead atoms. The summed E-state index contributed by atoms with van der Waals surface area (Å²) in [7, 11) is 1.94. The fourth-order valence-corrected chi connectivity index (χ4v) is 5.31. The van der Waals surface area contributed by atoms with Gasteiger partial charge in [-0.15, -0.1) is 0 Å². The summed E-state index contributed by atoms with van der Waals surface area (Å²) < 4.78 is 1.45. The molecule has 0 aliphatic rings. The number of nitro benzene ring substituents is 1. The van der Waals surface area contributed by atoms with Crippen molar-refractivity contribution in [1.82, 2.24) is 4.98 Å². The summed E-state index contributed by atoms with van der Waals surface area (Å²) in [4.78, 5) is 30.7. The molecule has 31 heavy (non-hydrogen) atoms. The van der Waals surface area contributed by atoms with Crippen LogP contribution in [0.2, 0.25) is 0 Å². The SMILES string of the molecule is Cc1ccc(N(C)c2nc(-c3ccc([N+](=O)[O-])cc3)c(C(=O)c3ccccc3)[se]2)cc1. The average molecular weight is 476 g/mol. The summed E-state index contributed by atoms with van der Waals surface area (Å²) in [6.07, 6.45) is 0. The Morgan fingerprint density at radius 1 is 0.968 bits per heavy atom. The second-order valence-corrected chi connectivity index (χ2v) is 9.12. The first-order valence-corrected chi connectivity index (χ1v) is 11.3. The van der Waals surface area contributed by atoms with Crippen LogP contribution in [0.1, 0.15) is 20.4 Å². The van der Waals surface area contributed by atoms with Crippen molar-refractivity contribution >= 4 is 36.4 Å². The molecule has 154 valence electrons. The molecule has 0 amide bonds. The Morgan fingerprint density at radius 3 is 2.23 bits per heavy atom. The van der Waals surface area contributed by atoms with Gasteiger partial charge >= 0.3 is 186 Å². The van der Waals surface area contributed by atoms with Gasteiger partial charge in [-0.05, 0) is 0 Å². The molecule has 0 spiro atoms. The number of benzene rings is 3. The number of anilines is 2. The predicted octanol–water partition coefficient (Wildman–Crippen LogP) is 5.02. The van der Waals surface area contributed by atoms with Crippen LogP contribution < -0.4 is 4.90 Å². The summed E-state index contributed by atoms with van der Waals surface area (Å²) in [5.74, 6) is -0.0648. The average Bonchev–Trinajstić information content (AvgIpc) is 3.24. The van der Waals surface area contributed by atoms with Gasteiger partial charge in [-0.1, -0.05) is 0 Å². The van der Waals surface area contributed by atoms with Crippen molar-refractivity contribution < 1.29 is 9.72 Å². The summed E-state index contributed by atoms with van der Waals surface area (Å²) in [6.45, 7) is 2.03. The third kappa shape index (κ3) is 4.33. The number of carbonyl (C=O) groups is 1. The molecular weight excluding hydrogens is 457 g/mol. The number of non-ortho nitro benzene ring substituents is 1. The molecule has 4 rings (SSSR count). The van der Waals surface area contributed by atoms with Crippen LogP contribution in [0, 0.1) is 17.0 Å². The number of nitrogens with zero attached hydrogens (tertiary/aromatic N) is 3. The van der Waals surface area contributed by atoms with Crippen LogP contribution in [-0.4, -0.2) is 37.2 Å². The molecule has 4 aromatic rings. The zero-order valence-electron chi connectivity index (χ0n) is 17.0. The Kier molecular flexibility index (Phi) is 5.80. The van der Waals surface area contributed by atoms with Gasteiger partial charge in [-0.25, -0.2) is 0 Å². The molecule has 0 radical (unpaired) electrons. The number of rotatable bonds is 6. The summed E-state index contributed by atoms with van der Waals surface area (Å²) in [5.41, 5.74) is 4.04. The molecular formula is C24H19N3O3Se. The number of aryl methyl sites for hydroxylation is 1. The standard InChI is InChI=1S/C24H19N3O3Se/c1-16-8-12-19(13-9-16)26(2)24-25-21(17-10-14-20(15-11-17)27(29)30)23(31-24)22(28)18-6-4-3-5-7-18/h3-15H,1-2H3. The Morgan fingerprint density at radius 2 is 1.61 bits per heavy atom. The van der Waals surface area contributed by atoms with E-state index >= 15 is 0 Å². The quantitative estimate of drug-likeness (QED) is 0.169. The van der Waals surface area contributed by atoms with Crippen LogP contribution in [0.3, 0.4) is 0 Å². The van der Waals surface area contributed by atoms with Gasteiger partial charge in [-0.3, -0.25) is 0 Å². The Balaban J connectivity index is 1.80. The molecule has 0 fully saturated rings. The first kappa shape index (κ1) is 20.7. The van der Waals surface area contributed by atoms with E-state index in [4.69, 9.17) is 4.98 Å². The molecule has 1 heterocycles. The zero-order valence-corrected chi connectivity index (χ0v) is 18.7. The van der Waals surface area contributed by atoms with Crippen molar-refractivity contribution in [1.29, 1.82) is 0 Å². The summed E-state index contributed by atoms with van der Waals surface area (Å²) in [6, 6.07) is 23.4. The number of carbonyl (C=O) groups excluding carboxylic acids is 1. The molecule has 7 heteroatoms. The molecule has 1 aromatic heterocycles. The van der Waals surface area contributed by atoms with Crippen molar-refractivity contribution in [3.8, 4) is 11.3 Å². The van der Waals surface area contributed by atoms with E-state index in [0.717, 1.165) is 10.4 Å². The fourth-order valence-electron chi connectivity index (χ4n) is 3.14. The summed E-state index contributed by atoms with van der Waals surface area (Å²) >= 11 is -0.316. The topological polar surface area (TPSA) is 76.3 Å². The molecule has 0 N–H and O–H groups in total. The summed E-state index contributed by atoms with van der Waals surface area (Å²) in [5, 5.41) is 11.0. The second kappa shape index (κ2) is 8.68. The number of hydrogen-bond acceptors (Lipinski definition) is 5. The maximum atomic E-state index is 13.3. The van der Waals surface area contributed by atoms with E-state index in [1.807, 2.05) is 61.3 Å². The van der Waals surface area contributed by atoms with Crippen LogP contribution in [-0.2, 0) is 0 Å². The van der Waals surface area contributed by atoms with Crippen LogP contribution >= 0.6 is 0 Å². The molecule has 0 aliphatic carbocycles. The van der Waals surface area contributed by atoms with E-state index < -0.39 is 4.92 Å². The number of aromatic nitrogens is 1. The Labute approximate surface area is 185 Å². The van der Waals surface area contributed by atoms with Crippen molar-refractivity contribution in [2.75, 3.05) is 11.9 Å². The van der Waals surface area contributed by atoms with Crippen LogP contribution in [0.5, 0.6) is 0 Å². The number of nitro groups is 1. The van der Waals surface area contributed by atoms with E-state index in [2.05, 4.69) is 0 Å². The van der Waals surface area contributed by atoms with Gasteiger partial charge in [-0.2, -0.15) is 0 Å². The Hall–Kier alpha value is -3.54. The minimum atomic E-state index is -0.438. The van der Waals surface area contributed by atoms with Gasteiger partial charge in [0.15, 0.2) is 0 Å². The second-order valence-electron chi connectivity index (χ2n) is 7.07. The van der Waals surface area contributed by atoms with E-state index in [0.29, 0.717) is 21.3 Å². The van der Waals surface area contributed by atoms with Crippen LogP contribution in [0.15, 0.2) is 78.9 Å². The first-order valence-electron chi connectivity index (χ1n) is 9.60. The van der Waals surface area contributed by atoms with Gasteiger partial charge in [0.1, 0.15) is 0 Å². The monoisotopic (exact) mass is 477 g/mol. The maximum absolute atomic E-state index is 13.3. The van der Waals surface area contributed by atoms with Gasteiger partial charge in [0.05, 0.1) is 0 Å². The molecule has 3 aromatic carbocycles. The molecule has 0 saturated carbocycles. The van der Waals surface area contributed by atoms with E-state index in [9.17, 15) is 14.9 Å². The van der Waals surface area contributed by atoms with Gasteiger partial charge in [0.2, 0.25) is 0 Å². The zero-order chi connectivity index (χ0) is 22.0. The molecule has 6 nitrogen and oxygen atoms in total. The molecule has 0 unspecified atom stereocenters. The van der Waals surface area contributed by atoms with E-state index in [1.54, 1.807) is 24.3 Å². The number of ketones is 1. The third-order valence-electron chi connectivity index (χ3n) is 4.92. The normalized spacial score (nSPS) is 10.6. The van der Waals surface area contributed by atoms with Crippen molar-refractivity contribution in [2.45, 2.75) is 6.92 Å². The fraction of sp³-hybridized carbons (Fsp3) is 0.0833. The van der Waals surface area contributed by atoms with Gasteiger partial charge in [0.25, 0.3) is 0 Å².